The van der Waals surface area contributed by atoms with Crippen molar-refractivity contribution in [2.24, 2.45) is 17.6 Å². The van der Waals surface area contributed by atoms with Gasteiger partial charge in [-0.1, -0.05) is 13.3 Å². The predicted octanol–water partition coefficient (Wildman–Crippen LogP) is 1.40. The fourth-order valence-electron chi connectivity index (χ4n) is 1.67. The minimum absolute atomic E-state index is 0.724. The second kappa shape index (κ2) is 4.73. The zero-order valence-corrected chi connectivity index (χ0v) is 7.38. The van der Waals surface area contributed by atoms with Crippen molar-refractivity contribution in [3.63, 3.8) is 0 Å². The molecule has 2 nitrogen and oxygen atoms in total. The Morgan fingerprint density at radius 2 is 2.45 bits per heavy atom. The van der Waals surface area contributed by atoms with Crippen LogP contribution in [0.25, 0.3) is 0 Å². The average molecular weight is 157 g/mol. The van der Waals surface area contributed by atoms with Gasteiger partial charge < -0.3 is 10.5 Å². The molecule has 0 spiro atoms. The van der Waals surface area contributed by atoms with Crippen molar-refractivity contribution in [3.8, 4) is 0 Å². The van der Waals surface area contributed by atoms with Gasteiger partial charge in [0.05, 0.1) is 0 Å². The topological polar surface area (TPSA) is 35.2 Å². The third-order valence-corrected chi connectivity index (χ3v) is 2.60. The van der Waals surface area contributed by atoms with E-state index in [4.69, 9.17) is 10.5 Å². The first-order valence-electron chi connectivity index (χ1n) is 4.64. The van der Waals surface area contributed by atoms with Gasteiger partial charge in [0.1, 0.15) is 0 Å². The summed E-state index contributed by atoms with van der Waals surface area (Å²) in [7, 11) is 0. The zero-order valence-electron chi connectivity index (χ0n) is 7.38. The molecule has 1 heterocycles. The van der Waals surface area contributed by atoms with Crippen molar-refractivity contribution in [2.75, 3.05) is 19.8 Å². The molecule has 0 saturated carbocycles. The maximum atomic E-state index is 5.62. The predicted molar refractivity (Wildman–Crippen MR) is 46.4 cm³/mol. The van der Waals surface area contributed by atoms with E-state index in [0.717, 1.165) is 31.6 Å². The Labute approximate surface area is 69.1 Å². The SMILES string of the molecule is CCC(CN)CC1CCOC1. The lowest BCUT2D eigenvalue weighted by atomic mass is 9.92. The third-order valence-electron chi connectivity index (χ3n) is 2.60. The molecule has 0 radical (unpaired) electrons. The van der Waals surface area contributed by atoms with E-state index in [9.17, 15) is 0 Å². The number of hydrogen-bond acceptors (Lipinski definition) is 2. The molecule has 2 atom stereocenters. The fraction of sp³-hybridized carbons (Fsp3) is 1.00. The summed E-state index contributed by atoms with van der Waals surface area (Å²) in [5, 5.41) is 0. The lowest BCUT2D eigenvalue weighted by Crippen LogP contribution is -2.17. The zero-order chi connectivity index (χ0) is 8.10. The number of hydrogen-bond donors (Lipinski definition) is 1. The molecule has 1 saturated heterocycles. The van der Waals surface area contributed by atoms with Crippen LogP contribution in [0.3, 0.4) is 0 Å². The Hall–Kier alpha value is -0.0800. The van der Waals surface area contributed by atoms with Gasteiger partial charge in [0, 0.05) is 13.2 Å². The normalized spacial score (nSPS) is 27.3. The Balaban J connectivity index is 2.16. The van der Waals surface area contributed by atoms with Crippen LogP contribution in [-0.4, -0.2) is 19.8 Å². The second-order valence-electron chi connectivity index (χ2n) is 3.48. The van der Waals surface area contributed by atoms with Crippen LogP contribution in [-0.2, 0) is 4.74 Å². The molecular formula is C9H19NO. The molecular weight excluding hydrogens is 138 g/mol. The summed E-state index contributed by atoms with van der Waals surface area (Å²) in [6, 6.07) is 0. The quantitative estimate of drug-likeness (QED) is 0.669. The van der Waals surface area contributed by atoms with E-state index < -0.39 is 0 Å². The van der Waals surface area contributed by atoms with Crippen molar-refractivity contribution < 1.29 is 4.74 Å². The summed E-state index contributed by atoms with van der Waals surface area (Å²) >= 11 is 0. The summed E-state index contributed by atoms with van der Waals surface area (Å²) < 4.78 is 5.31. The van der Waals surface area contributed by atoms with Gasteiger partial charge in [0.2, 0.25) is 0 Å². The molecule has 1 rings (SSSR count). The smallest absolute Gasteiger partial charge is 0.0495 e. The van der Waals surface area contributed by atoms with Crippen molar-refractivity contribution in [1.29, 1.82) is 0 Å². The molecule has 0 aromatic rings. The molecule has 2 heteroatoms. The first kappa shape index (κ1) is 9.01. The molecule has 66 valence electrons. The van der Waals surface area contributed by atoms with E-state index >= 15 is 0 Å². The van der Waals surface area contributed by atoms with Crippen LogP contribution >= 0.6 is 0 Å². The lowest BCUT2D eigenvalue weighted by Gasteiger charge is -2.15. The van der Waals surface area contributed by atoms with E-state index in [0.29, 0.717) is 0 Å². The van der Waals surface area contributed by atoms with Crippen molar-refractivity contribution in [1.82, 2.24) is 0 Å². The van der Waals surface area contributed by atoms with Gasteiger partial charge in [-0.2, -0.15) is 0 Å². The molecule has 0 aromatic carbocycles. The van der Waals surface area contributed by atoms with Crippen LogP contribution in [0, 0.1) is 11.8 Å². The number of ether oxygens (including phenoxy) is 1. The van der Waals surface area contributed by atoms with Crippen LogP contribution < -0.4 is 5.73 Å². The Morgan fingerprint density at radius 1 is 1.64 bits per heavy atom. The number of nitrogens with two attached hydrogens (primary N) is 1. The van der Waals surface area contributed by atoms with Crippen LogP contribution in [0.15, 0.2) is 0 Å². The summed E-state index contributed by atoms with van der Waals surface area (Å²) in [5.41, 5.74) is 5.62. The summed E-state index contributed by atoms with van der Waals surface area (Å²) in [6.45, 7) is 4.99. The first-order chi connectivity index (χ1) is 5.36. The van der Waals surface area contributed by atoms with Gasteiger partial charge in [-0.15, -0.1) is 0 Å². The van der Waals surface area contributed by atoms with Crippen LogP contribution in [0.2, 0.25) is 0 Å². The van der Waals surface area contributed by atoms with Crippen LogP contribution in [0.4, 0.5) is 0 Å². The Kier molecular flexibility index (Phi) is 3.87. The van der Waals surface area contributed by atoms with Gasteiger partial charge in [0.25, 0.3) is 0 Å². The number of rotatable bonds is 4. The molecule has 1 aliphatic rings. The average Bonchev–Trinajstić information content (AvgIpc) is 2.52. The lowest BCUT2D eigenvalue weighted by molar-refractivity contribution is 0.180. The minimum atomic E-state index is 0.724. The van der Waals surface area contributed by atoms with Gasteiger partial charge in [-0.05, 0) is 31.2 Å². The molecule has 0 aliphatic carbocycles. The molecule has 2 unspecified atom stereocenters. The van der Waals surface area contributed by atoms with Gasteiger partial charge in [-0.3, -0.25) is 0 Å². The molecule has 0 bridgehead atoms. The standard InChI is InChI=1S/C9H19NO/c1-2-8(6-10)5-9-3-4-11-7-9/h8-9H,2-7,10H2,1H3. The largest absolute Gasteiger partial charge is 0.381 e. The van der Waals surface area contributed by atoms with Crippen LogP contribution in [0.5, 0.6) is 0 Å². The molecule has 11 heavy (non-hydrogen) atoms. The van der Waals surface area contributed by atoms with E-state index in [1.165, 1.54) is 19.3 Å². The molecule has 0 aromatic heterocycles. The monoisotopic (exact) mass is 157 g/mol. The third kappa shape index (κ3) is 2.80. The highest BCUT2D eigenvalue weighted by Crippen LogP contribution is 2.22. The summed E-state index contributed by atoms with van der Waals surface area (Å²) in [4.78, 5) is 0. The van der Waals surface area contributed by atoms with E-state index in [2.05, 4.69) is 6.92 Å². The van der Waals surface area contributed by atoms with Gasteiger partial charge in [-0.25, -0.2) is 0 Å². The second-order valence-corrected chi connectivity index (χ2v) is 3.48. The highest BCUT2D eigenvalue weighted by atomic mass is 16.5. The van der Waals surface area contributed by atoms with Gasteiger partial charge >= 0.3 is 0 Å². The van der Waals surface area contributed by atoms with E-state index in [1.807, 2.05) is 0 Å². The van der Waals surface area contributed by atoms with E-state index in [1.54, 1.807) is 0 Å². The summed E-state index contributed by atoms with van der Waals surface area (Å²) in [6.07, 6.45) is 3.73. The van der Waals surface area contributed by atoms with E-state index in [-0.39, 0.29) is 0 Å². The highest BCUT2D eigenvalue weighted by molar-refractivity contribution is 4.69. The van der Waals surface area contributed by atoms with Gasteiger partial charge in [0.15, 0.2) is 0 Å². The Bertz CT molecular complexity index is 95.7. The van der Waals surface area contributed by atoms with Crippen molar-refractivity contribution in [2.45, 2.75) is 26.2 Å². The molecule has 2 N–H and O–H groups in total. The first-order valence-corrected chi connectivity index (χ1v) is 4.64. The van der Waals surface area contributed by atoms with Crippen molar-refractivity contribution in [3.05, 3.63) is 0 Å². The maximum absolute atomic E-state index is 5.62. The van der Waals surface area contributed by atoms with Crippen LogP contribution in [0.1, 0.15) is 26.2 Å². The molecule has 0 amide bonds. The highest BCUT2D eigenvalue weighted by Gasteiger charge is 2.18. The fourth-order valence-corrected chi connectivity index (χ4v) is 1.67. The minimum Gasteiger partial charge on any atom is -0.381 e. The maximum Gasteiger partial charge on any atom is 0.0495 e. The van der Waals surface area contributed by atoms with Crippen molar-refractivity contribution >= 4 is 0 Å². The molecule has 1 aliphatic heterocycles. The molecule has 1 fully saturated rings. The Morgan fingerprint density at radius 3 is 2.91 bits per heavy atom. The summed E-state index contributed by atoms with van der Waals surface area (Å²) in [5.74, 6) is 1.52.